The van der Waals surface area contributed by atoms with Gasteiger partial charge in [0, 0.05) is 32.2 Å². The van der Waals surface area contributed by atoms with Gasteiger partial charge in [-0.25, -0.2) is 0 Å². The van der Waals surface area contributed by atoms with E-state index in [1.54, 1.807) is 21.3 Å². The molecular weight excluding hydrogens is 467 g/mol. The predicted molar refractivity (Wildman–Crippen MR) is 127 cm³/mol. The van der Waals surface area contributed by atoms with Gasteiger partial charge in [0.25, 0.3) is 0 Å². The Morgan fingerprint density at radius 1 is 1.21 bits per heavy atom. The second-order valence-corrected chi connectivity index (χ2v) is 7.97. The molecule has 1 fully saturated rings. The molecule has 0 radical (unpaired) electrons. The van der Waals surface area contributed by atoms with Crippen LogP contribution in [0.25, 0.3) is 0 Å². The normalized spacial score (nSPS) is 18.2. The highest BCUT2D eigenvalue weighted by molar-refractivity contribution is 14.0. The van der Waals surface area contributed by atoms with E-state index in [-0.39, 0.29) is 29.5 Å². The second-order valence-electron chi connectivity index (χ2n) is 7.97. The average molecular weight is 504 g/mol. The molecule has 1 aromatic rings. The van der Waals surface area contributed by atoms with Crippen molar-refractivity contribution >= 4 is 29.9 Å². The van der Waals surface area contributed by atoms with E-state index < -0.39 is 0 Å². The maximum absolute atomic E-state index is 5.37. The van der Waals surface area contributed by atoms with Crippen molar-refractivity contribution in [2.24, 2.45) is 10.9 Å². The summed E-state index contributed by atoms with van der Waals surface area (Å²) in [7, 11) is 5.10. The van der Waals surface area contributed by atoms with Crippen LogP contribution in [0.2, 0.25) is 0 Å². The number of guanidine groups is 1. The van der Waals surface area contributed by atoms with Crippen molar-refractivity contribution in [1.29, 1.82) is 0 Å². The molecule has 1 saturated heterocycles. The molecule has 1 atom stereocenters. The first-order valence-corrected chi connectivity index (χ1v) is 9.80. The van der Waals surface area contributed by atoms with Crippen LogP contribution >= 0.6 is 24.0 Å². The molecule has 0 bridgehead atoms. The lowest BCUT2D eigenvalue weighted by Gasteiger charge is -2.43. The van der Waals surface area contributed by atoms with Crippen molar-refractivity contribution in [2.45, 2.75) is 45.7 Å². The number of benzene rings is 1. The Hall–Kier alpha value is -1.22. The lowest BCUT2D eigenvalue weighted by atomic mass is 9.93. The third-order valence-corrected chi connectivity index (χ3v) is 5.33. The van der Waals surface area contributed by atoms with Gasteiger partial charge in [0.1, 0.15) is 0 Å². The molecule has 0 saturated carbocycles. The van der Waals surface area contributed by atoms with E-state index in [0.717, 1.165) is 35.5 Å². The maximum atomic E-state index is 5.37. The number of hydrogen-bond donors (Lipinski definition) is 2. The van der Waals surface area contributed by atoms with E-state index in [1.807, 2.05) is 18.2 Å². The highest BCUT2D eigenvalue weighted by Crippen LogP contribution is 2.27. The third-order valence-electron chi connectivity index (χ3n) is 5.33. The SMILES string of the molecule is CN=C(NCc1ccc(OC)c(OC)c1)NCC(C)(C)N1CCCC(C)C1.I. The Morgan fingerprint density at radius 2 is 1.93 bits per heavy atom. The first-order chi connectivity index (χ1) is 12.9. The minimum absolute atomic E-state index is 0. The van der Waals surface area contributed by atoms with Gasteiger partial charge in [-0.3, -0.25) is 9.89 Å². The van der Waals surface area contributed by atoms with Crippen molar-refractivity contribution < 1.29 is 9.47 Å². The van der Waals surface area contributed by atoms with E-state index in [1.165, 1.54) is 25.9 Å². The lowest BCUT2D eigenvalue weighted by molar-refractivity contribution is 0.0739. The molecule has 1 aliphatic rings. The van der Waals surface area contributed by atoms with E-state index in [2.05, 4.69) is 41.3 Å². The molecule has 2 rings (SSSR count). The maximum Gasteiger partial charge on any atom is 0.191 e. The fourth-order valence-electron chi connectivity index (χ4n) is 3.55. The summed E-state index contributed by atoms with van der Waals surface area (Å²) in [5.41, 5.74) is 1.20. The molecule has 160 valence electrons. The summed E-state index contributed by atoms with van der Waals surface area (Å²) in [4.78, 5) is 6.96. The second kappa shape index (κ2) is 11.7. The van der Waals surface area contributed by atoms with Gasteiger partial charge >= 0.3 is 0 Å². The van der Waals surface area contributed by atoms with Gasteiger partial charge in [0.2, 0.25) is 0 Å². The number of rotatable bonds is 7. The van der Waals surface area contributed by atoms with E-state index >= 15 is 0 Å². The van der Waals surface area contributed by atoms with Crippen LogP contribution in [0.15, 0.2) is 23.2 Å². The van der Waals surface area contributed by atoms with Crippen LogP contribution in [0.3, 0.4) is 0 Å². The van der Waals surface area contributed by atoms with E-state index in [4.69, 9.17) is 9.47 Å². The standard InChI is InChI=1S/C21H36N4O2.HI/c1-16-8-7-11-25(14-16)21(2,3)15-24-20(22-4)23-13-17-9-10-18(26-5)19(12-17)27-6;/h9-10,12,16H,7-8,11,13-15H2,1-6H3,(H2,22,23,24);1H. The molecule has 1 aromatic carbocycles. The summed E-state index contributed by atoms with van der Waals surface area (Å²) in [6, 6.07) is 5.94. The Morgan fingerprint density at radius 3 is 2.54 bits per heavy atom. The molecule has 7 heteroatoms. The summed E-state index contributed by atoms with van der Waals surface area (Å²) in [5.74, 6) is 3.06. The van der Waals surface area contributed by atoms with E-state index in [0.29, 0.717) is 6.54 Å². The topological polar surface area (TPSA) is 58.1 Å². The number of ether oxygens (including phenoxy) is 2. The van der Waals surface area contributed by atoms with Gasteiger partial charge in [-0.05, 0) is 56.8 Å². The van der Waals surface area contributed by atoms with Crippen LogP contribution < -0.4 is 20.1 Å². The zero-order valence-electron chi connectivity index (χ0n) is 18.2. The summed E-state index contributed by atoms with van der Waals surface area (Å²) in [6.07, 6.45) is 2.63. The quantitative estimate of drug-likeness (QED) is 0.338. The average Bonchev–Trinajstić information content (AvgIpc) is 2.67. The van der Waals surface area contributed by atoms with Gasteiger partial charge in [0.05, 0.1) is 14.2 Å². The summed E-state index contributed by atoms with van der Waals surface area (Å²) < 4.78 is 10.7. The molecule has 28 heavy (non-hydrogen) atoms. The Bertz CT molecular complexity index is 637. The molecule has 0 spiro atoms. The Balaban J connectivity index is 0.00000392. The minimum atomic E-state index is 0. The van der Waals surface area contributed by atoms with Crippen molar-refractivity contribution in [2.75, 3.05) is 40.9 Å². The number of aliphatic imine (C=N–C) groups is 1. The van der Waals surface area contributed by atoms with Gasteiger partial charge in [0.15, 0.2) is 17.5 Å². The molecular formula is C21H37IN4O2. The van der Waals surface area contributed by atoms with Crippen molar-refractivity contribution in [3.05, 3.63) is 23.8 Å². The molecule has 1 unspecified atom stereocenters. The smallest absolute Gasteiger partial charge is 0.191 e. The van der Waals surface area contributed by atoms with Gasteiger partial charge in [-0.1, -0.05) is 13.0 Å². The molecule has 6 nitrogen and oxygen atoms in total. The number of piperidine rings is 1. The fourth-order valence-corrected chi connectivity index (χ4v) is 3.55. The van der Waals surface area contributed by atoms with Gasteiger partial charge in [-0.2, -0.15) is 0 Å². The molecule has 1 aliphatic heterocycles. The van der Waals surface area contributed by atoms with Gasteiger partial charge < -0.3 is 20.1 Å². The van der Waals surface area contributed by atoms with Gasteiger partial charge in [-0.15, -0.1) is 24.0 Å². The first kappa shape index (κ1) is 24.8. The molecule has 0 aromatic heterocycles. The summed E-state index contributed by atoms with van der Waals surface area (Å²) in [5, 5.41) is 6.87. The number of nitrogens with zero attached hydrogens (tertiary/aromatic N) is 2. The van der Waals surface area contributed by atoms with Crippen LogP contribution in [0.5, 0.6) is 11.5 Å². The first-order valence-electron chi connectivity index (χ1n) is 9.80. The minimum Gasteiger partial charge on any atom is -0.493 e. The molecule has 2 N–H and O–H groups in total. The number of halogens is 1. The lowest BCUT2D eigenvalue weighted by Crippen LogP contribution is -2.55. The van der Waals surface area contributed by atoms with Crippen molar-refractivity contribution in [3.8, 4) is 11.5 Å². The van der Waals surface area contributed by atoms with Crippen LogP contribution in [-0.4, -0.2) is 57.3 Å². The third kappa shape index (κ3) is 6.99. The zero-order valence-corrected chi connectivity index (χ0v) is 20.5. The molecule has 0 aliphatic carbocycles. The van der Waals surface area contributed by atoms with Crippen LogP contribution in [0.4, 0.5) is 0 Å². The molecule has 0 amide bonds. The Kier molecular flexibility index (Phi) is 10.4. The van der Waals surface area contributed by atoms with Crippen LogP contribution in [0, 0.1) is 5.92 Å². The van der Waals surface area contributed by atoms with Crippen LogP contribution in [-0.2, 0) is 6.54 Å². The van der Waals surface area contributed by atoms with Crippen molar-refractivity contribution in [3.63, 3.8) is 0 Å². The van der Waals surface area contributed by atoms with E-state index in [9.17, 15) is 0 Å². The monoisotopic (exact) mass is 504 g/mol. The summed E-state index contributed by atoms with van der Waals surface area (Å²) in [6.45, 7) is 10.8. The number of hydrogen-bond acceptors (Lipinski definition) is 4. The highest BCUT2D eigenvalue weighted by atomic mass is 127. The number of likely N-dealkylation sites (tertiary alicyclic amines) is 1. The number of methoxy groups -OCH3 is 2. The van der Waals surface area contributed by atoms with Crippen molar-refractivity contribution in [1.82, 2.24) is 15.5 Å². The highest BCUT2D eigenvalue weighted by Gasteiger charge is 2.30. The van der Waals surface area contributed by atoms with Crippen LogP contribution in [0.1, 0.15) is 39.2 Å². The summed E-state index contributed by atoms with van der Waals surface area (Å²) >= 11 is 0. The molecule has 1 heterocycles. The fraction of sp³-hybridized carbons (Fsp3) is 0.667. The Labute approximate surface area is 187 Å². The predicted octanol–water partition coefficient (Wildman–Crippen LogP) is 3.50. The number of nitrogens with one attached hydrogen (secondary N) is 2. The largest absolute Gasteiger partial charge is 0.493 e. The zero-order chi connectivity index (χ0) is 19.9.